The number of hydrogen-bond donors (Lipinski definition) is 2. The first-order valence-corrected chi connectivity index (χ1v) is 7.45. The molecule has 0 aromatic heterocycles. The normalized spacial score (nSPS) is 13.6. The van der Waals surface area contributed by atoms with E-state index >= 15 is 0 Å². The maximum Gasteiger partial charge on any atom is 0.237 e. The first kappa shape index (κ1) is 19.4. The van der Waals surface area contributed by atoms with Gasteiger partial charge in [-0.05, 0) is 54.3 Å². The summed E-state index contributed by atoms with van der Waals surface area (Å²) in [6, 6.07) is -0.131. The summed E-state index contributed by atoms with van der Waals surface area (Å²) >= 11 is 0. The van der Waals surface area contributed by atoms with E-state index in [4.69, 9.17) is 4.74 Å². The second kappa shape index (κ2) is 10.1. The van der Waals surface area contributed by atoms with E-state index in [2.05, 4.69) is 50.4 Å². The molecule has 0 heterocycles. The number of nitrogens with one attached hydrogen (secondary N) is 2. The lowest BCUT2D eigenvalue weighted by atomic mass is 10.0. The van der Waals surface area contributed by atoms with Crippen molar-refractivity contribution >= 4 is 5.91 Å². The molecule has 0 aliphatic heterocycles. The Balaban J connectivity index is 4.22. The molecule has 0 bridgehead atoms. The van der Waals surface area contributed by atoms with Gasteiger partial charge in [0.15, 0.2) is 0 Å². The molecule has 1 unspecified atom stereocenters. The van der Waals surface area contributed by atoms with Gasteiger partial charge in [0.1, 0.15) is 0 Å². The van der Waals surface area contributed by atoms with Gasteiger partial charge in [-0.15, -0.1) is 0 Å². The molecule has 20 heavy (non-hydrogen) atoms. The Morgan fingerprint density at radius 1 is 1.25 bits per heavy atom. The van der Waals surface area contributed by atoms with Crippen molar-refractivity contribution in [1.82, 2.24) is 15.5 Å². The molecule has 0 fully saturated rings. The summed E-state index contributed by atoms with van der Waals surface area (Å²) in [5.41, 5.74) is -0.0647. The zero-order chi connectivity index (χ0) is 15.6. The molecule has 0 aromatic rings. The molecule has 0 spiro atoms. The quantitative estimate of drug-likeness (QED) is 0.594. The number of amides is 1. The van der Waals surface area contributed by atoms with Gasteiger partial charge in [0.25, 0.3) is 0 Å². The van der Waals surface area contributed by atoms with Crippen LogP contribution in [0.2, 0.25) is 0 Å². The third kappa shape index (κ3) is 11.2. The van der Waals surface area contributed by atoms with Gasteiger partial charge in [0.2, 0.25) is 5.91 Å². The molecule has 0 aliphatic carbocycles. The monoisotopic (exact) mass is 287 g/mol. The van der Waals surface area contributed by atoms with Crippen molar-refractivity contribution in [2.75, 3.05) is 40.9 Å². The Kier molecular flexibility index (Phi) is 9.80. The molecule has 1 amide bonds. The van der Waals surface area contributed by atoms with Crippen LogP contribution in [0.5, 0.6) is 0 Å². The summed E-state index contributed by atoms with van der Waals surface area (Å²) in [7, 11) is 5.78. The predicted molar refractivity (Wildman–Crippen MR) is 84.0 cm³/mol. The van der Waals surface area contributed by atoms with E-state index in [1.165, 1.54) is 0 Å². The highest BCUT2D eigenvalue weighted by Crippen LogP contribution is 2.08. The van der Waals surface area contributed by atoms with Crippen LogP contribution in [0.1, 0.15) is 40.0 Å². The summed E-state index contributed by atoms with van der Waals surface area (Å²) in [5, 5.41) is 6.32. The minimum atomic E-state index is -0.131. The number of hydrogen-bond acceptors (Lipinski definition) is 4. The molecule has 2 N–H and O–H groups in total. The van der Waals surface area contributed by atoms with Crippen molar-refractivity contribution in [3.05, 3.63) is 0 Å². The van der Waals surface area contributed by atoms with E-state index in [0.29, 0.717) is 13.2 Å². The molecular formula is C15H33N3O2. The van der Waals surface area contributed by atoms with Crippen LogP contribution in [0.15, 0.2) is 0 Å². The number of carbonyl (C=O) groups excluding carboxylic acids is 1. The molecule has 0 aromatic carbocycles. The molecule has 5 heteroatoms. The van der Waals surface area contributed by atoms with Crippen LogP contribution in [0.25, 0.3) is 0 Å². The standard InChI is InChI=1S/C15H33N3O2/c1-15(2,3)17-13(9-7-8-11-18(4)5)14(19)16-10-12-20-6/h13,17H,7-12H2,1-6H3,(H,16,19). The van der Waals surface area contributed by atoms with Crippen molar-refractivity contribution in [3.8, 4) is 0 Å². The van der Waals surface area contributed by atoms with Crippen molar-refractivity contribution in [2.24, 2.45) is 0 Å². The number of nitrogens with zero attached hydrogens (tertiary/aromatic N) is 1. The largest absolute Gasteiger partial charge is 0.383 e. The number of carbonyl (C=O) groups is 1. The van der Waals surface area contributed by atoms with Gasteiger partial charge in [0.05, 0.1) is 12.6 Å². The highest BCUT2D eigenvalue weighted by atomic mass is 16.5. The molecule has 0 aliphatic rings. The highest BCUT2D eigenvalue weighted by molar-refractivity contribution is 5.81. The maximum absolute atomic E-state index is 12.2. The fourth-order valence-corrected chi connectivity index (χ4v) is 1.97. The first-order chi connectivity index (χ1) is 9.26. The lowest BCUT2D eigenvalue weighted by Gasteiger charge is -2.28. The van der Waals surface area contributed by atoms with Gasteiger partial charge in [-0.3, -0.25) is 4.79 Å². The molecule has 5 nitrogen and oxygen atoms in total. The van der Waals surface area contributed by atoms with Crippen LogP contribution in [0, 0.1) is 0 Å². The highest BCUT2D eigenvalue weighted by Gasteiger charge is 2.22. The van der Waals surface area contributed by atoms with E-state index < -0.39 is 0 Å². The van der Waals surface area contributed by atoms with Crippen LogP contribution in [0.4, 0.5) is 0 Å². The fraction of sp³-hybridized carbons (Fsp3) is 0.933. The molecular weight excluding hydrogens is 254 g/mol. The van der Waals surface area contributed by atoms with Crippen molar-refractivity contribution in [2.45, 2.75) is 51.6 Å². The molecule has 0 radical (unpaired) electrons. The third-order valence-corrected chi connectivity index (χ3v) is 2.88. The van der Waals surface area contributed by atoms with Crippen LogP contribution in [0.3, 0.4) is 0 Å². The summed E-state index contributed by atoms with van der Waals surface area (Å²) < 4.78 is 4.96. The van der Waals surface area contributed by atoms with Gasteiger partial charge in [-0.25, -0.2) is 0 Å². The van der Waals surface area contributed by atoms with Gasteiger partial charge in [0, 0.05) is 19.2 Å². The van der Waals surface area contributed by atoms with Gasteiger partial charge in [-0.1, -0.05) is 6.42 Å². The average Bonchev–Trinajstić information content (AvgIpc) is 2.31. The number of methoxy groups -OCH3 is 1. The molecule has 120 valence electrons. The zero-order valence-electron chi connectivity index (χ0n) is 14.1. The van der Waals surface area contributed by atoms with Crippen LogP contribution in [-0.4, -0.2) is 63.3 Å². The average molecular weight is 287 g/mol. The van der Waals surface area contributed by atoms with Crippen molar-refractivity contribution in [1.29, 1.82) is 0 Å². The Morgan fingerprint density at radius 2 is 1.90 bits per heavy atom. The van der Waals surface area contributed by atoms with E-state index in [-0.39, 0.29) is 17.5 Å². The van der Waals surface area contributed by atoms with Crippen LogP contribution in [-0.2, 0) is 9.53 Å². The second-order valence-corrected chi connectivity index (χ2v) is 6.53. The van der Waals surface area contributed by atoms with E-state index in [9.17, 15) is 4.79 Å². The molecule has 0 saturated heterocycles. The smallest absolute Gasteiger partial charge is 0.237 e. The van der Waals surface area contributed by atoms with Crippen LogP contribution >= 0.6 is 0 Å². The fourth-order valence-electron chi connectivity index (χ4n) is 1.97. The summed E-state index contributed by atoms with van der Waals surface area (Å²) in [4.78, 5) is 14.4. The Labute approximate surface area is 124 Å². The SMILES string of the molecule is COCCNC(=O)C(CCCCN(C)C)NC(C)(C)C. The predicted octanol–water partition coefficient (Wildman–Crippen LogP) is 1.24. The Hall–Kier alpha value is -0.650. The van der Waals surface area contributed by atoms with Gasteiger partial charge >= 0.3 is 0 Å². The number of ether oxygens (including phenoxy) is 1. The number of rotatable bonds is 10. The van der Waals surface area contributed by atoms with Crippen molar-refractivity contribution in [3.63, 3.8) is 0 Å². The van der Waals surface area contributed by atoms with E-state index in [1.54, 1.807) is 7.11 Å². The lowest BCUT2D eigenvalue weighted by molar-refractivity contribution is -0.124. The minimum Gasteiger partial charge on any atom is -0.383 e. The van der Waals surface area contributed by atoms with Gasteiger partial charge < -0.3 is 20.3 Å². The second-order valence-electron chi connectivity index (χ2n) is 6.53. The molecule has 0 saturated carbocycles. The van der Waals surface area contributed by atoms with Crippen LogP contribution < -0.4 is 10.6 Å². The first-order valence-electron chi connectivity index (χ1n) is 7.45. The molecule has 0 rings (SSSR count). The maximum atomic E-state index is 12.2. The van der Waals surface area contributed by atoms with E-state index in [0.717, 1.165) is 25.8 Å². The zero-order valence-corrected chi connectivity index (χ0v) is 14.1. The van der Waals surface area contributed by atoms with E-state index in [1.807, 2.05) is 0 Å². The summed E-state index contributed by atoms with van der Waals surface area (Å²) in [6.45, 7) is 8.43. The van der Waals surface area contributed by atoms with Gasteiger partial charge in [-0.2, -0.15) is 0 Å². The Morgan fingerprint density at radius 3 is 2.40 bits per heavy atom. The lowest BCUT2D eigenvalue weighted by Crippen LogP contribution is -2.52. The summed E-state index contributed by atoms with van der Waals surface area (Å²) in [5.74, 6) is 0.0711. The minimum absolute atomic E-state index is 0.0647. The number of unbranched alkanes of at least 4 members (excludes halogenated alkanes) is 1. The van der Waals surface area contributed by atoms with Crippen molar-refractivity contribution < 1.29 is 9.53 Å². The Bertz CT molecular complexity index is 262. The topological polar surface area (TPSA) is 53.6 Å². The third-order valence-electron chi connectivity index (χ3n) is 2.88. The summed E-state index contributed by atoms with van der Waals surface area (Å²) in [6.07, 6.45) is 3.02. The molecule has 1 atom stereocenters.